The fourth-order valence-electron chi connectivity index (χ4n) is 2.77. The molecule has 1 aromatic carbocycles. The topological polar surface area (TPSA) is 37.4 Å². The monoisotopic (exact) mass is 315 g/mol. The normalized spacial score (nSPS) is 20.1. The van der Waals surface area contributed by atoms with Crippen molar-refractivity contribution in [3.8, 4) is 0 Å². The Morgan fingerprint density at radius 1 is 1.35 bits per heavy atom. The summed E-state index contributed by atoms with van der Waals surface area (Å²) in [7, 11) is -3.19. The average molecular weight is 316 g/mol. The molecule has 1 fully saturated rings. The zero-order chi connectivity index (χ0) is 14.6. The van der Waals surface area contributed by atoms with Gasteiger partial charge < -0.3 is 4.90 Å². The van der Waals surface area contributed by atoms with Gasteiger partial charge in [-0.2, -0.15) is 0 Å². The highest BCUT2D eigenvalue weighted by molar-refractivity contribution is 7.91. The van der Waals surface area contributed by atoms with E-state index in [-0.39, 0.29) is 5.75 Å². The molecule has 1 aliphatic rings. The predicted molar refractivity (Wildman–Crippen MR) is 84.4 cm³/mol. The van der Waals surface area contributed by atoms with Crippen LogP contribution in [-0.4, -0.2) is 33.1 Å². The molecule has 0 spiro atoms. The molecule has 2 rings (SSSR count). The number of anilines is 1. The summed E-state index contributed by atoms with van der Waals surface area (Å²) in [4.78, 5) is 2.65. The second-order valence-corrected chi connectivity index (χ2v) is 7.78. The van der Waals surface area contributed by atoms with Crippen LogP contribution in [0.1, 0.15) is 26.2 Å². The van der Waals surface area contributed by atoms with Gasteiger partial charge in [0.25, 0.3) is 0 Å². The van der Waals surface area contributed by atoms with Crippen molar-refractivity contribution in [1.82, 2.24) is 0 Å². The third-order valence-corrected chi connectivity index (χ3v) is 6.15. The Labute approximate surface area is 126 Å². The molecule has 0 aromatic heterocycles. The van der Waals surface area contributed by atoms with E-state index in [4.69, 9.17) is 11.6 Å². The number of hydrogen-bond acceptors (Lipinski definition) is 3. The first-order valence-corrected chi connectivity index (χ1v) is 9.40. The number of benzene rings is 1. The molecule has 1 aliphatic heterocycles. The van der Waals surface area contributed by atoms with Crippen LogP contribution >= 0.6 is 11.6 Å². The smallest absolute Gasteiger partial charge is 0.180 e. The number of alkyl halides is 1. The molecule has 1 aromatic rings. The number of sulfone groups is 1. The Bertz CT molecular complexity index is 545. The molecule has 1 atom stereocenters. The number of halogens is 1. The van der Waals surface area contributed by atoms with E-state index in [1.54, 1.807) is 12.1 Å². The highest BCUT2D eigenvalue weighted by atomic mass is 35.5. The second-order valence-electron chi connectivity index (χ2n) is 5.40. The fourth-order valence-corrected chi connectivity index (χ4v) is 4.58. The summed E-state index contributed by atoms with van der Waals surface area (Å²) in [5, 5.41) is 0. The van der Waals surface area contributed by atoms with E-state index in [9.17, 15) is 8.42 Å². The molecule has 20 heavy (non-hydrogen) atoms. The van der Waals surface area contributed by atoms with Crippen LogP contribution in [0, 0.1) is 5.92 Å². The van der Waals surface area contributed by atoms with Crippen LogP contribution in [-0.2, 0) is 9.84 Å². The molecule has 1 heterocycles. The summed E-state index contributed by atoms with van der Waals surface area (Å²) in [5.41, 5.74) is 0.843. The quantitative estimate of drug-likeness (QED) is 0.782. The van der Waals surface area contributed by atoms with Crippen molar-refractivity contribution in [2.75, 3.05) is 29.6 Å². The van der Waals surface area contributed by atoms with Crippen LogP contribution in [0.25, 0.3) is 0 Å². The Hall–Kier alpha value is -0.740. The maximum Gasteiger partial charge on any atom is 0.180 e. The molecule has 0 aliphatic carbocycles. The van der Waals surface area contributed by atoms with Crippen molar-refractivity contribution in [3.05, 3.63) is 24.3 Å². The number of rotatable bonds is 5. The van der Waals surface area contributed by atoms with E-state index in [1.807, 2.05) is 19.1 Å². The highest BCUT2D eigenvalue weighted by Crippen LogP contribution is 2.30. The van der Waals surface area contributed by atoms with Crippen molar-refractivity contribution in [2.45, 2.75) is 31.1 Å². The zero-order valence-corrected chi connectivity index (χ0v) is 13.5. The van der Waals surface area contributed by atoms with Crippen LogP contribution in [0.2, 0.25) is 0 Å². The fraction of sp³-hybridized carbons (Fsp3) is 0.600. The van der Waals surface area contributed by atoms with Gasteiger partial charge in [-0.05, 0) is 37.3 Å². The van der Waals surface area contributed by atoms with Gasteiger partial charge in [-0.15, -0.1) is 11.6 Å². The van der Waals surface area contributed by atoms with Crippen LogP contribution in [0.5, 0.6) is 0 Å². The number of nitrogens with zero attached hydrogens (tertiary/aromatic N) is 1. The molecule has 112 valence electrons. The van der Waals surface area contributed by atoms with Gasteiger partial charge in [0, 0.05) is 19.0 Å². The number of para-hydroxylation sites is 1. The molecule has 0 N–H and O–H groups in total. The number of piperidine rings is 1. The van der Waals surface area contributed by atoms with E-state index < -0.39 is 9.84 Å². The molecule has 0 bridgehead atoms. The second kappa shape index (κ2) is 6.81. The lowest BCUT2D eigenvalue weighted by molar-refractivity contribution is 0.449. The summed E-state index contributed by atoms with van der Waals surface area (Å²) < 4.78 is 24.8. The Kier molecular flexibility index (Phi) is 5.33. The van der Waals surface area contributed by atoms with Gasteiger partial charge in [-0.25, -0.2) is 8.42 Å². The number of hydrogen-bond donors (Lipinski definition) is 0. The maximum atomic E-state index is 12.4. The standard InChI is InChI=1S/C15H22ClNO2S/c1-2-10-20(18,19)15-8-4-3-7-14(15)17-9-5-6-13(11-16)12-17/h3-4,7-8,13H,2,5-6,9-12H2,1H3. The van der Waals surface area contributed by atoms with Crippen LogP contribution < -0.4 is 4.90 Å². The van der Waals surface area contributed by atoms with E-state index in [0.29, 0.717) is 23.1 Å². The molecule has 5 heteroatoms. The maximum absolute atomic E-state index is 12.4. The Balaban J connectivity index is 2.33. The molecule has 0 radical (unpaired) electrons. The van der Waals surface area contributed by atoms with Crippen molar-refractivity contribution in [1.29, 1.82) is 0 Å². The summed E-state index contributed by atoms with van der Waals surface area (Å²) in [6.07, 6.45) is 2.84. The minimum atomic E-state index is -3.19. The minimum Gasteiger partial charge on any atom is -0.370 e. The van der Waals surface area contributed by atoms with Crippen molar-refractivity contribution in [3.63, 3.8) is 0 Å². The molecule has 0 saturated carbocycles. The van der Waals surface area contributed by atoms with Crippen molar-refractivity contribution < 1.29 is 8.42 Å². The van der Waals surface area contributed by atoms with E-state index in [1.165, 1.54) is 0 Å². The molecular formula is C15H22ClNO2S. The molecule has 1 unspecified atom stereocenters. The lowest BCUT2D eigenvalue weighted by Crippen LogP contribution is -2.36. The first-order valence-electron chi connectivity index (χ1n) is 7.21. The van der Waals surface area contributed by atoms with Crippen molar-refractivity contribution >= 4 is 27.1 Å². The van der Waals surface area contributed by atoms with Gasteiger partial charge in [0.1, 0.15) is 0 Å². The highest BCUT2D eigenvalue weighted by Gasteiger charge is 2.25. The summed E-state index contributed by atoms with van der Waals surface area (Å²) in [6, 6.07) is 7.35. The van der Waals surface area contributed by atoms with Gasteiger partial charge in [0.2, 0.25) is 0 Å². The molecular weight excluding hydrogens is 294 g/mol. The van der Waals surface area contributed by atoms with Crippen molar-refractivity contribution in [2.24, 2.45) is 5.92 Å². The largest absolute Gasteiger partial charge is 0.370 e. The zero-order valence-electron chi connectivity index (χ0n) is 11.9. The SMILES string of the molecule is CCCS(=O)(=O)c1ccccc1N1CCCC(CCl)C1. The van der Waals surface area contributed by atoms with E-state index in [2.05, 4.69) is 4.90 Å². The van der Waals surface area contributed by atoms with E-state index in [0.717, 1.165) is 31.6 Å². The molecule has 0 amide bonds. The minimum absolute atomic E-state index is 0.205. The third kappa shape index (κ3) is 3.47. The first kappa shape index (κ1) is 15.6. The summed E-state index contributed by atoms with van der Waals surface area (Å²) in [6.45, 7) is 3.65. The van der Waals surface area contributed by atoms with E-state index >= 15 is 0 Å². The van der Waals surface area contributed by atoms with Gasteiger partial charge in [-0.3, -0.25) is 0 Å². The Morgan fingerprint density at radius 2 is 2.10 bits per heavy atom. The Morgan fingerprint density at radius 3 is 2.80 bits per heavy atom. The van der Waals surface area contributed by atoms with Crippen LogP contribution in [0.15, 0.2) is 29.2 Å². The van der Waals surface area contributed by atoms with Gasteiger partial charge in [0.15, 0.2) is 9.84 Å². The lowest BCUT2D eigenvalue weighted by atomic mass is 9.99. The summed E-state index contributed by atoms with van der Waals surface area (Å²) >= 11 is 5.97. The van der Waals surface area contributed by atoms with Crippen LogP contribution in [0.4, 0.5) is 5.69 Å². The van der Waals surface area contributed by atoms with Crippen LogP contribution in [0.3, 0.4) is 0 Å². The third-order valence-electron chi connectivity index (χ3n) is 3.75. The summed E-state index contributed by atoms with van der Waals surface area (Å²) in [5.74, 6) is 1.30. The molecule has 3 nitrogen and oxygen atoms in total. The average Bonchev–Trinajstić information content (AvgIpc) is 2.47. The van der Waals surface area contributed by atoms with Gasteiger partial charge in [0.05, 0.1) is 16.3 Å². The predicted octanol–water partition coefficient (Wildman–Crippen LogP) is 3.33. The lowest BCUT2D eigenvalue weighted by Gasteiger charge is -2.34. The van der Waals surface area contributed by atoms with Gasteiger partial charge >= 0.3 is 0 Å². The van der Waals surface area contributed by atoms with Gasteiger partial charge in [-0.1, -0.05) is 19.1 Å². The first-order chi connectivity index (χ1) is 9.58. The molecule has 1 saturated heterocycles.